The third-order valence-electron chi connectivity index (χ3n) is 5.01. The summed E-state index contributed by atoms with van der Waals surface area (Å²) in [4.78, 5) is 17.1. The summed E-state index contributed by atoms with van der Waals surface area (Å²) in [5.74, 6) is 0. The predicted molar refractivity (Wildman–Crippen MR) is 95.8 cm³/mol. The van der Waals surface area contributed by atoms with E-state index in [-0.39, 0.29) is 6.09 Å². The fourth-order valence-electron chi connectivity index (χ4n) is 4.04. The molecule has 24 heavy (non-hydrogen) atoms. The van der Waals surface area contributed by atoms with Crippen LogP contribution < -0.4 is 0 Å². The molecule has 1 aromatic rings. The van der Waals surface area contributed by atoms with Crippen molar-refractivity contribution in [1.29, 1.82) is 0 Å². The van der Waals surface area contributed by atoms with E-state index in [1.165, 1.54) is 18.4 Å². The molecule has 0 aromatic heterocycles. The number of rotatable bonds is 3. The SMILES string of the molecule is CC(C)(C)OC(=O)N1CCC[C@H]1[C@H]1CCCN1Cc1ccccc1. The van der Waals surface area contributed by atoms with Crippen molar-refractivity contribution in [3.63, 3.8) is 0 Å². The molecular weight excluding hydrogens is 300 g/mol. The molecule has 1 amide bonds. The van der Waals surface area contributed by atoms with Gasteiger partial charge in [-0.15, -0.1) is 0 Å². The second-order valence-corrected chi connectivity index (χ2v) is 8.05. The molecule has 0 saturated carbocycles. The van der Waals surface area contributed by atoms with Gasteiger partial charge in [-0.3, -0.25) is 4.90 Å². The molecule has 0 radical (unpaired) electrons. The van der Waals surface area contributed by atoms with E-state index in [9.17, 15) is 4.79 Å². The Morgan fingerprint density at radius 3 is 2.46 bits per heavy atom. The first-order valence-electron chi connectivity index (χ1n) is 9.22. The summed E-state index contributed by atoms with van der Waals surface area (Å²) in [6.45, 7) is 8.74. The zero-order valence-electron chi connectivity index (χ0n) is 15.2. The average molecular weight is 330 g/mol. The highest BCUT2D eigenvalue weighted by molar-refractivity contribution is 5.69. The van der Waals surface area contributed by atoms with Crippen molar-refractivity contribution >= 4 is 6.09 Å². The number of carbonyl (C=O) groups is 1. The molecule has 0 unspecified atom stereocenters. The lowest BCUT2D eigenvalue weighted by Gasteiger charge is -2.35. The first kappa shape index (κ1) is 17.3. The van der Waals surface area contributed by atoms with Gasteiger partial charge in [0, 0.05) is 19.1 Å². The molecule has 2 heterocycles. The van der Waals surface area contributed by atoms with Crippen LogP contribution in [0.5, 0.6) is 0 Å². The predicted octanol–water partition coefficient (Wildman–Crippen LogP) is 4.05. The Hall–Kier alpha value is -1.55. The zero-order valence-corrected chi connectivity index (χ0v) is 15.2. The molecule has 4 heteroatoms. The fourth-order valence-corrected chi connectivity index (χ4v) is 4.04. The molecule has 2 aliphatic rings. The van der Waals surface area contributed by atoms with Crippen LogP contribution in [-0.4, -0.2) is 46.7 Å². The van der Waals surface area contributed by atoms with E-state index in [0.29, 0.717) is 12.1 Å². The lowest BCUT2D eigenvalue weighted by Crippen LogP contribution is -2.49. The summed E-state index contributed by atoms with van der Waals surface area (Å²) in [6.07, 6.45) is 4.43. The van der Waals surface area contributed by atoms with Crippen LogP contribution in [0, 0.1) is 0 Å². The number of amides is 1. The Labute approximate surface area is 145 Å². The van der Waals surface area contributed by atoms with Crippen molar-refractivity contribution in [2.24, 2.45) is 0 Å². The molecule has 4 nitrogen and oxygen atoms in total. The van der Waals surface area contributed by atoms with Crippen LogP contribution in [0.1, 0.15) is 52.0 Å². The largest absolute Gasteiger partial charge is 0.444 e. The van der Waals surface area contributed by atoms with E-state index < -0.39 is 5.60 Å². The lowest BCUT2D eigenvalue weighted by molar-refractivity contribution is 0.0147. The first-order chi connectivity index (χ1) is 11.4. The Bertz CT molecular complexity index is 553. The molecular formula is C20H30N2O2. The van der Waals surface area contributed by atoms with Crippen molar-refractivity contribution in [1.82, 2.24) is 9.80 Å². The topological polar surface area (TPSA) is 32.8 Å². The average Bonchev–Trinajstić information content (AvgIpc) is 3.14. The van der Waals surface area contributed by atoms with Crippen LogP contribution in [-0.2, 0) is 11.3 Å². The van der Waals surface area contributed by atoms with Crippen molar-refractivity contribution in [3.05, 3.63) is 35.9 Å². The van der Waals surface area contributed by atoms with Crippen LogP contribution in [0.25, 0.3) is 0 Å². The number of nitrogens with zero attached hydrogens (tertiary/aromatic N) is 2. The minimum absolute atomic E-state index is 0.142. The Morgan fingerprint density at radius 1 is 1.08 bits per heavy atom. The van der Waals surface area contributed by atoms with E-state index in [0.717, 1.165) is 32.5 Å². The first-order valence-corrected chi connectivity index (χ1v) is 9.22. The number of benzene rings is 1. The van der Waals surface area contributed by atoms with Gasteiger partial charge in [0.15, 0.2) is 0 Å². The molecule has 2 fully saturated rings. The van der Waals surface area contributed by atoms with Gasteiger partial charge >= 0.3 is 6.09 Å². The van der Waals surface area contributed by atoms with E-state index in [2.05, 4.69) is 35.2 Å². The van der Waals surface area contributed by atoms with Gasteiger partial charge in [0.2, 0.25) is 0 Å². The summed E-state index contributed by atoms with van der Waals surface area (Å²) in [5.41, 5.74) is 0.926. The number of hydrogen-bond acceptors (Lipinski definition) is 3. The lowest BCUT2D eigenvalue weighted by atomic mass is 10.0. The molecule has 0 N–H and O–H groups in total. The van der Waals surface area contributed by atoms with Gasteiger partial charge in [0.05, 0.1) is 6.04 Å². The van der Waals surface area contributed by atoms with Gasteiger partial charge < -0.3 is 9.64 Å². The van der Waals surface area contributed by atoms with Gasteiger partial charge in [-0.1, -0.05) is 30.3 Å². The molecule has 0 aliphatic carbocycles. The molecule has 0 spiro atoms. The van der Waals surface area contributed by atoms with Gasteiger partial charge in [-0.05, 0) is 58.6 Å². The van der Waals surface area contributed by atoms with E-state index in [1.54, 1.807) is 0 Å². The van der Waals surface area contributed by atoms with Crippen LogP contribution in [0.4, 0.5) is 4.79 Å². The minimum Gasteiger partial charge on any atom is -0.444 e. The summed E-state index contributed by atoms with van der Waals surface area (Å²) in [7, 11) is 0. The highest BCUT2D eigenvalue weighted by Gasteiger charge is 2.41. The number of carbonyl (C=O) groups excluding carboxylic acids is 1. The highest BCUT2D eigenvalue weighted by Crippen LogP contribution is 2.32. The van der Waals surface area contributed by atoms with Gasteiger partial charge in [0.1, 0.15) is 5.60 Å². The van der Waals surface area contributed by atoms with Crippen LogP contribution in [0.2, 0.25) is 0 Å². The summed E-state index contributed by atoms with van der Waals surface area (Å²) >= 11 is 0. The maximum absolute atomic E-state index is 12.6. The van der Waals surface area contributed by atoms with Gasteiger partial charge in [-0.2, -0.15) is 0 Å². The quantitative estimate of drug-likeness (QED) is 0.838. The molecule has 1 aromatic carbocycles. The zero-order chi connectivity index (χ0) is 17.2. The highest BCUT2D eigenvalue weighted by atomic mass is 16.6. The third kappa shape index (κ3) is 4.10. The summed E-state index contributed by atoms with van der Waals surface area (Å²) in [6, 6.07) is 11.4. The van der Waals surface area contributed by atoms with Crippen molar-refractivity contribution < 1.29 is 9.53 Å². The van der Waals surface area contributed by atoms with E-state index in [1.807, 2.05) is 25.7 Å². The maximum Gasteiger partial charge on any atom is 0.410 e. The summed E-state index contributed by atoms with van der Waals surface area (Å²) < 4.78 is 5.63. The van der Waals surface area contributed by atoms with Crippen LogP contribution in [0.15, 0.2) is 30.3 Å². The van der Waals surface area contributed by atoms with Gasteiger partial charge in [0.25, 0.3) is 0 Å². The van der Waals surface area contributed by atoms with Crippen molar-refractivity contribution in [2.45, 2.75) is 70.7 Å². The second-order valence-electron chi connectivity index (χ2n) is 8.05. The third-order valence-corrected chi connectivity index (χ3v) is 5.01. The molecule has 132 valence electrons. The maximum atomic E-state index is 12.6. The van der Waals surface area contributed by atoms with Crippen LogP contribution >= 0.6 is 0 Å². The molecule has 2 aliphatic heterocycles. The van der Waals surface area contributed by atoms with Crippen LogP contribution in [0.3, 0.4) is 0 Å². The Morgan fingerprint density at radius 2 is 1.75 bits per heavy atom. The minimum atomic E-state index is -0.427. The molecule has 2 atom stereocenters. The second kappa shape index (κ2) is 7.14. The van der Waals surface area contributed by atoms with Crippen molar-refractivity contribution in [3.8, 4) is 0 Å². The normalized spacial score (nSPS) is 25.2. The summed E-state index contributed by atoms with van der Waals surface area (Å²) in [5, 5.41) is 0. The smallest absolute Gasteiger partial charge is 0.410 e. The Balaban J connectivity index is 1.68. The number of ether oxygens (including phenoxy) is 1. The van der Waals surface area contributed by atoms with Gasteiger partial charge in [-0.25, -0.2) is 4.79 Å². The molecule has 3 rings (SSSR count). The number of hydrogen-bond donors (Lipinski definition) is 0. The fraction of sp³-hybridized carbons (Fsp3) is 0.650. The number of likely N-dealkylation sites (tertiary alicyclic amines) is 2. The molecule has 0 bridgehead atoms. The molecule has 2 saturated heterocycles. The standard InChI is InChI=1S/C20H30N2O2/c1-20(2,3)24-19(23)22-14-8-12-18(22)17-11-7-13-21(17)15-16-9-5-4-6-10-16/h4-6,9-10,17-18H,7-8,11-15H2,1-3H3/t17-,18+/m1/s1. The Kier molecular flexibility index (Phi) is 5.14. The monoisotopic (exact) mass is 330 g/mol. The van der Waals surface area contributed by atoms with E-state index >= 15 is 0 Å². The van der Waals surface area contributed by atoms with Crippen molar-refractivity contribution in [2.75, 3.05) is 13.1 Å². The van der Waals surface area contributed by atoms with E-state index in [4.69, 9.17) is 4.74 Å².